The second kappa shape index (κ2) is 6.03. The van der Waals surface area contributed by atoms with Crippen LogP contribution in [-0.2, 0) is 0 Å². The van der Waals surface area contributed by atoms with E-state index in [0.29, 0.717) is 11.9 Å². The summed E-state index contributed by atoms with van der Waals surface area (Å²) in [4.78, 5) is 10.9. The van der Waals surface area contributed by atoms with Gasteiger partial charge in [0.1, 0.15) is 0 Å². The molecule has 1 aromatic rings. The quantitative estimate of drug-likeness (QED) is 0.835. The van der Waals surface area contributed by atoms with Gasteiger partial charge < -0.3 is 9.64 Å². The molecule has 4 nitrogen and oxygen atoms in total. The summed E-state index contributed by atoms with van der Waals surface area (Å²) in [5.41, 5.74) is 0. The van der Waals surface area contributed by atoms with Gasteiger partial charge in [0.2, 0.25) is 11.8 Å². The minimum absolute atomic E-state index is 0.380. The zero-order valence-electron chi connectivity index (χ0n) is 10.2. The molecule has 0 bridgehead atoms. The average Bonchev–Trinajstić information content (AvgIpc) is 2.26. The highest BCUT2D eigenvalue weighted by molar-refractivity contribution is 9.10. The van der Waals surface area contributed by atoms with E-state index in [1.807, 2.05) is 0 Å². The SMILES string of the molecule is CCCN(c1ncc(Br)c(OC)n1)C(C)C. The van der Waals surface area contributed by atoms with E-state index in [0.717, 1.165) is 23.4 Å². The Hall–Kier alpha value is -0.840. The molecule has 1 heterocycles. The van der Waals surface area contributed by atoms with E-state index in [1.54, 1.807) is 13.3 Å². The van der Waals surface area contributed by atoms with Crippen molar-refractivity contribution >= 4 is 21.9 Å². The van der Waals surface area contributed by atoms with E-state index in [9.17, 15) is 0 Å². The summed E-state index contributed by atoms with van der Waals surface area (Å²) in [5, 5.41) is 0. The lowest BCUT2D eigenvalue weighted by molar-refractivity contribution is 0.393. The summed E-state index contributed by atoms with van der Waals surface area (Å²) < 4.78 is 5.95. The molecular formula is C11H18BrN3O. The average molecular weight is 288 g/mol. The smallest absolute Gasteiger partial charge is 0.232 e. The molecule has 0 saturated heterocycles. The Morgan fingerprint density at radius 3 is 2.69 bits per heavy atom. The van der Waals surface area contributed by atoms with Gasteiger partial charge in [-0.05, 0) is 36.2 Å². The monoisotopic (exact) mass is 287 g/mol. The van der Waals surface area contributed by atoms with Crippen molar-refractivity contribution in [3.63, 3.8) is 0 Å². The van der Waals surface area contributed by atoms with Crippen LogP contribution in [-0.4, -0.2) is 29.7 Å². The number of rotatable bonds is 5. The summed E-state index contributed by atoms with van der Waals surface area (Å²) in [6, 6.07) is 0.380. The highest BCUT2D eigenvalue weighted by Crippen LogP contribution is 2.24. The van der Waals surface area contributed by atoms with Crippen LogP contribution >= 0.6 is 15.9 Å². The second-order valence-electron chi connectivity index (χ2n) is 3.81. The van der Waals surface area contributed by atoms with Crippen LogP contribution in [0.5, 0.6) is 5.88 Å². The first-order valence-corrected chi connectivity index (χ1v) is 6.22. The topological polar surface area (TPSA) is 38.2 Å². The van der Waals surface area contributed by atoms with Gasteiger partial charge >= 0.3 is 0 Å². The van der Waals surface area contributed by atoms with Crippen molar-refractivity contribution in [1.29, 1.82) is 0 Å². The molecule has 0 unspecified atom stereocenters. The van der Waals surface area contributed by atoms with Gasteiger partial charge in [-0.2, -0.15) is 4.98 Å². The maximum atomic E-state index is 5.17. The van der Waals surface area contributed by atoms with Crippen molar-refractivity contribution in [1.82, 2.24) is 9.97 Å². The minimum Gasteiger partial charge on any atom is -0.480 e. The molecule has 0 spiro atoms. The van der Waals surface area contributed by atoms with Crippen molar-refractivity contribution < 1.29 is 4.74 Å². The summed E-state index contributed by atoms with van der Waals surface area (Å²) in [6.45, 7) is 7.36. The molecule has 16 heavy (non-hydrogen) atoms. The molecule has 0 aliphatic carbocycles. The predicted molar refractivity (Wildman–Crippen MR) is 69.1 cm³/mol. The number of halogens is 1. The van der Waals surface area contributed by atoms with Gasteiger partial charge in [-0.3, -0.25) is 0 Å². The molecule has 0 atom stereocenters. The van der Waals surface area contributed by atoms with Crippen molar-refractivity contribution in [3.05, 3.63) is 10.7 Å². The van der Waals surface area contributed by atoms with Gasteiger partial charge in [0.25, 0.3) is 0 Å². The number of methoxy groups -OCH3 is 1. The summed E-state index contributed by atoms with van der Waals surface area (Å²) in [7, 11) is 1.61. The fraction of sp³-hybridized carbons (Fsp3) is 0.636. The van der Waals surface area contributed by atoms with Crippen LogP contribution in [0.4, 0.5) is 5.95 Å². The van der Waals surface area contributed by atoms with Crippen LogP contribution in [0.2, 0.25) is 0 Å². The van der Waals surface area contributed by atoms with Crippen LogP contribution in [0.15, 0.2) is 10.7 Å². The first-order chi connectivity index (χ1) is 7.60. The van der Waals surface area contributed by atoms with Gasteiger partial charge in [0.05, 0.1) is 17.8 Å². The molecule has 0 fully saturated rings. The number of hydrogen-bond donors (Lipinski definition) is 0. The van der Waals surface area contributed by atoms with Crippen LogP contribution in [0.1, 0.15) is 27.2 Å². The van der Waals surface area contributed by atoms with Gasteiger partial charge in [-0.1, -0.05) is 6.92 Å². The lowest BCUT2D eigenvalue weighted by Crippen LogP contribution is -2.33. The number of ether oxygens (including phenoxy) is 1. The van der Waals surface area contributed by atoms with Crippen LogP contribution in [0.3, 0.4) is 0 Å². The van der Waals surface area contributed by atoms with Crippen LogP contribution in [0.25, 0.3) is 0 Å². The van der Waals surface area contributed by atoms with E-state index >= 15 is 0 Å². The lowest BCUT2D eigenvalue weighted by Gasteiger charge is -2.26. The first kappa shape index (κ1) is 13.2. The third-order valence-corrected chi connectivity index (χ3v) is 2.78. The third kappa shape index (κ3) is 3.07. The standard InChI is InChI=1S/C11H18BrN3O/c1-5-6-15(8(2)3)11-13-7-9(12)10(14-11)16-4/h7-8H,5-6H2,1-4H3. The van der Waals surface area contributed by atoms with E-state index in [2.05, 4.69) is 51.6 Å². The van der Waals surface area contributed by atoms with Gasteiger partial charge in [0.15, 0.2) is 0 Å². The molecule has 0 aromatic carbocycles. The molecule has 0 N–H and O–H groups in total. The number of aromatic nitrogens is 2. The fourth-order valence-corrected chi connectivity index (χ4v) is 1.81. The van der Waals surface area contributed by atoms with E-state index in [1.165, 1.54) is 0 Å². The maximum absolute atomic E-state index is 5.17. The third-order valence-electron chi connectivity index (χ3n) is 2.24. The zero-order valence-corrected chi connectivity index (χ0v) is 11.8. The molecule has 0 aliphatic heterocycles. The largest absolute Gasteiger partial charge is 0.480 e. The molecule has 1 aromatic heterocycles. The molecule has 1 rings (SSSR count). The maximum Gasteiger partial charge on any atom is 0.232 e. The van der Waals surface area contributed by atoms with Gasteiger partial charge in [0, 0.05) is 12.6 Å². The zero-order chi connectivity index (χ0) is 12.1. The first-order valence-electron chi connectivity index (χ1n) is 5.43. The Morgan fingerprint density at radius 2 is 2.19 bits per heavy atom. The van der Waals surface area contributed by atoms with Crippen LogP contribution < -0.4 is 9.64 Å². The van der Waals surface area contributed by atoms with Gasteiger partial charge in [-0.25, -0.2) is 4.98 Å². The Balaban J connectivity index is 3.00. The molecule has 5 heteroatoms. The van der Waals surface area contributed by atoms with Crippen molar-refractivity contribution in [3.8, 4) is 5.88 Å². The number of nitrogens with zero attached hydrogens (tertiary/aromatic N) is 3. The van der Waals surface area contributed by atoms with Gasteiger partial charge in [-0.15, -0.1) is 0 Å². The second-order valence-corrected chi connectivity index (χ2v) is 4.67. The fourth-order valence-electron chi connectivity index (χ4n) is 1.45. The minimum atomic E-state index is 0.380. The Bertz CT molecular complexity index is 344. The summed E-state index contributed by atoms with van der Waals surface area (Å²) >= 11 is 3.35. The lowest BCUT2D eigenvalue weighted by atomic mass is 10.3. The molecule has 0 radical (unpaired) electrons. The van der Waals surface area contributed by atoms with E-state index in [-0.39, 0.29) is 0 Å². The number of hydrogen-bond acceptors (Lipinski definition) is 4. The molecule has 0 saturated carbocycles. The Morgan fingerprint density at radius 1 is 1.50 bits per heavy atom. The molecular weight excluding hydrogens is 270 g/mol. The normalized spacial score (nSPS) is 10.6. The summed E-state index contributed by atoms with van der Waals surface area (Å²) in [6.07, 6.45) is 2.80. The van der Waals surface area contributed by atoms with Crippen molar-refractivity contribution in [2.75, 3.05) is 18.6 Å². The Kier molecular flexibility index (Phi) is 4.99. The highest BCUT2D eigenvalue weighted by Gasteiger charge is 2.14. The molecule has 0 amide bonds. The molecule has 90 valence electrons. The molecule has 0 aliphatic rings. The summed E-state index contributed by atoms with van der Waals surface area (Å²) in [5.74, 6) is 1.30. The predicted octanol–water partition coefficient (Wildman–Crippen LogP) is 2.87. The highest BCUT2D eigenvalue weighted by atomic mass is 79.9. The number of anilines is 1. The van der Waals surface area contributed by atoms with Crippen LogP contribution in [0, 0.1) is 0 Å². The Labute approximate surface area is 105 Å². The van der Waals surface area contributed by atoms with Crippen molar-refractivity contribution in [2.45, 2.75) is 33.2 Å². The van der Waals surface area contributed by atoms with Crippen molar-refractivity contribution in [2.24, 2.45) is 0 Å². The van der Waals surface area contributed by atoms with E-state index in [4.69, 9.17) is 4.74 Å². The van der Waals surface area contributed by atoms with E-state index < -0.39 is 0 Å².